The van der Waals surface area contributed by atoms with E-state index in [-0.39, 0.29) is 5.82 Å². The Morgan fingerprint density at radius 2 is 1.24 bits per heavy atom. The van der Waals surface area contributed by atoms with Crippen LogP contribution in [0.2, 0.25) is 0 Å². The molecular formula is C36H30BFN2Si. The van der Waals surface area contributed by atoms with Crippen LogP contribution < -0.4 is 21.3 Å². The number of aromatic nitrogens is 2. The zero-order chi connectivity index (χ0) is 27.9. The summed E-state index contributed by atoms with van der Waals surface area (Å²) in [4.78, 5) is 4.88. The third-order valence-electron chi connectivity index (χ3n) is 7.69. The summed E-state index contributed by atoms with van der Waals surface area (Å²) in [6.07, 6.45) is 6.92. The second kappa shape index (κ2) is 12.2. The fourth-order valence-corrected chi connectivity index (χ4v) is 10.3. The minimum absolute atomic E-state index is 0.214. The molecular weight excluding hydrogens is 518 g/mol. The van der Waals surface area contributed by atoms with E-state index >= 15 is 0 Å². The van der Waals surface area contributed by atoms with Crippen LogP contribution in [-0.2, 0) is 6.17 Å². The molecule has 1 aromatic heterocycles. The van der Waals surface area contributed by atoms with Crippen molar-refractivity contribution >= 4 is 48.2 Å². The van der Waals surface area contributed by atoms with Crippen molar-refractivity contribution in [1.82, 2.24) is 9.55 Å². The summed E-state index contributed by atoms with van der Waals surface area (Å²) in [7, 11) is -2.06. The van der Waals surface area contributed by atoms with Crippen molar-refractivity contribution in [3.8, 4) is 0 Å². The highest BCUT2D eigenvalue weighted by atomic mass is 28.3. The zero-order valence-corrected chi connectivity index (χ0v) is 23.8. The number of imidazole rings is 1. The van der Waals surface area contributed by atoms with Crippen molar-refractivity contribution < 1.29 is 4.39 Å². The maximum Gasteiger partial charge on any atom is 0.239 e. The van der Waals surface area contributed by atoms with Crippen LogP contribution in [0.1, 0.15) is 11.1 Å². The number of halogens is 1. The quantitative estimate of drug-likeness (QED) is 0.141. The average Bonchev–Trinajstić information content (AvgIpc) is 3.47. The smallest absolute Gasteiger partial charge is 0.239 e. The van der Waals surface area contributed by atoms with E-state index in [1.165, 1.54) is 27.5 Å². The van der Waals surface area contributed by atoms with Gasteiger partial charge in [-0.15, -0.1) is 0 Å². The van der Waals surface area contributed by atoms with E-state index in [0.717, 1.165) is 16.5 Å². The van der Waals surface area contributed by atoms with Gasteiger partial charge in [0.2, 0.25) is 7.28 Å². The molecule has 0 radical (unpaired) electrons. The van der Waals surface area contributed by atoms with Gasteiger partial charge in [0.1, 0.15) is 5.82 Å². The first-order chi connectivity index (χ1) is 20.2. The van der Waals surface area contributed by atoms with Crippen molar-refractivity contribution in [1.29, 1.82) is 0 Å². The Morgan fingerprint density at radius 3 is 1.85 bits per heavy atom. The molecule has 5 aromatic carbocycles. The standard InChI is InChI=1S/C36H30BFN2Si/c38-31-18-13-23-34(27-31)41(32-19-9-3-10-20-32,33-21-11-4-12-22-33)28-40-25-24-39-36(40)37-35(30-16-7-2-8-17-30)26-29-14-5-1-6-15-29/h1-27,37H,28H2. The molecule has 6 aromatic rings. The van der Waals surface area contributed by atoms with E-state index < -0.39 is 8.07 Å². The van der Waals surface area contributed by atoms with E-state index in [4.69, 9.17) is 4.98 Å². The van der Waals surface area contributed by atoms with E-state index in [0.29, 0.717) is 13.4 Å². The summed E-state index contributed by atoms with van der Waals surface area (Å²) in [5, 5.41) is 3.51. The van der Waals surface area contributed by atoms with Gasteiger partial charge in [0.05, 0.1) is 5.72 Å². The lowest BCUT2D eigenvalue weighted by Crippen LogP contribution is -2.70. The van der Waals surface area contributed by atoms with Gasteiger partial charge in [0.25, 0.3) is 0 Å². The van der Waals surface area contributed by atoms with Gasteiger partial charge in [-0.3, -0.25) is 4.98 Å². The molecule has 0 aliphatic heterocycles. The van der Waals surface area contributed by atoms with Crippen molar-refractivity contribution in [2.24, 2.45) is 0 Å². The van der Waals surface area contributed by atoms with Crippen molar-refractivity contribution in [3.63, 3.8) is 0 Å². The Hall–Kier alpha value is -4.74. The van der Waals surface area contributed by atoms with Crippen LogP contribution in [0.5, 0.6) is 0 Å². The molecule has 0 saturated heterocycles. The Balaban J connectivity index is 1.49. The predicted molar refractivity (Wildman–Crippen MR) is 174 cm³/mol. The lowest BCUT2D eigenvalue weighted by atomic mass is 9.65. The summed E-state index contributed by atoms with van der Waals surface area (Å²) in [5.41, 5.74) is 4.50. The molecule has 0 aliphatic carbocycles. The minimum atomic E-state index is -2.73. The average molecular weight is 549 g/mol. The molecule has 41 heavy (non-hydrogen) atoms. The van der Waals surface area contributed by atoms with Crippen molar-refractivity contribution in [2.45, 2.75) is 6.17 Å². The van der Waals surface area contributed by atoms with Gasteiger partial charge in [-0.25, -0.2) is 4.39 Å². The molecule has 0 aliphatic rings. The molecule has 198 valence electrons. The van der Waals surface area contributed by atoms with Crippen LogP contribution in [0.4, 0.5) is 4.39 Å². The van der Waals surface area contributed by atoms with E-state index in [9.17, 15) is 4.39 Å². The molecule has 2 nitrogen and oxygen atoms in total. The number of benzene rings is 5. The molecule has 0 unspecified atom stereocenters. The topological polar surface area (TPSA) is 17.8 Å². The lowest BCUT2D eigenvalue weighted by Gasteiger charge is -2.34. The van der Waals surface area contributed by atoms with Crippen LogP contribution in [0, 0.1) is 5.82 Å². The van der Waals surface area contributed by atoms with E-state index in [2.05, 4.69) is 120 Å². The predicted octanol–water partition coefficient (Wildman–Crippen LogP) is 4.99. The number of hydrogen-bond donors (Lipinski definition) is 0. The molecule has 0 fully saturated rings. The third-order valence-corrected chi connectivity index (χ3v) is 12.4. The Morgan fingerprint density at radius 1 is 0.683 bits per heavy atom. The van der Waals surface area contributed by atoms with Crippen LogP contribution in [0.25, 0.3) is 11.5 Å². The summed E-state index contributed by atoms with van der Waals surface area (Å²) in [5.74, 6) is -0.214. The highest BCUT2D eigenvalue weighted by Gasteiger charge is 2.40. The first-order valence-corrected chi connectivity index (χ1v) is 16.1. The first kappa shape index (κ1) is 26.5. The Labute approximate surface area is 242 Å². The fourth-order valence-electron chi connectivity index (χ4n) is 5.69. The van der Waals surface area contributed by atoms with E-state index in [1.54, 1.807) is 6.07 Å². The second-order valence-electron chi connectivity index (χ2n) is 10.2. The van der Waals surface area contributed by atoms with Crippen molar-refractivity contribution in [3.05, 3.63) is 175 Å². The van der Waals surface area contributed by atoms with Crippen molar-refractivity contribution in [2.75, 3.05) is 0 Å². The van der Waals surface area contributed by atoms with Gasteiger partial charge >= 0.3 is 0 Å². The highest BCUT2D eigenvalue weighted by Crippen LogP contribution is 2.18. The normalized spacial score (nSPS) is 11.8. The lowest BCUT2D eigenvalue weighted by molar-refractivity contribution is 0.629. The number of rotatable bonds is 9. The van der Waals surface area contributed by atoms with E-state index in [1.807, 2.05) is 36.5 Å². The van der Waals surface area contributed by atoms with Crippen LogP contribution in [0.15, 0.2) is 158 Å². The van der Waals surface area contributed by atoms with Crippen LogP contribution >= 0.6 is 0 Å². The van der Waals surface area contributed by atoms with Gasteiger partial charge in [-0.2, -0.15) is 0 Å². The molecule has 6 rings (SSSR count). The monoisotopic (exact) mass is 548 g/mol. The summed E-state index contributed by atoms with van der Waals surface area (Å²) < 4.78 is 17.1. The fraction of sp³-hybridized carbons (Fsp3) is 0.0278. The molecule has 0 spiro atoms. The van der Waals surface area contributed by atoms with Crippen LogP contribution in [0.3, 0.4) is 0 Å². The maximum absolute atomic E-state index is 14.8. The summed E-state index contributed by atoms with van der Waals surface area (Å²) in [6.45, 7) is 0. The summed E-state index contributed by atoms with van der Waals surface area (Å²) in [6, 6.07) is 49.4. The van der Waals surface area contributed by atoms with Gasteiger partial charge < -0.3 is 4.57 Å². The zero-order valence-electron chi connectivity index (χ0n) is 22.8. The maximum atomic E-state index is 14.8. The molecule has 0 bridgehead atoms. The highest BCUT2D eigenvalue weighted by molar-refractivity contribution is 7.10. The second-order valence-corrected chi connectivity index (χ2v) is 14.1. The Kier molecular flexibility index (Phi) is 7.88. The molecule has 0 N–H and O–H groups in total. The molecule has 1 heterocycles. The molecule has 0 atom stereocenters. The third kappa shape index (κ3) is 5.77. The number of nitrogens with zero attached hydrogens (tertiary/aromatic N) is 2. The Bertz CT molecular complexity index is 1700. The van der Waals surface area contributed by atoms with Gasteiger partial charge in [-0.1, -0.05) is 145 Å². The molecule has 0 amide bonds. The van der Waals surface area contributed by atoms with Gasteiger partial charge in [-0.05, 0) is 38.8 Å². The van der Waals surface area contributed by atoms with Gasteiger partial charge in [0, 0.05) is 18.6 Å². The SMILES string of the molecule is Fc1cccc([Si](Cn2ccnc2BC(=Cc2ccccc2)c2ccccc2)(c2ccccc2)c2ccccc2)c1. The largest absolute Gasteiger partial charge is 0.345 e. The van der Waals surface area contributed by atoms with Crippen LogP contribution in [-0.4, -0.2) is 24.9 Å². The van der Waals surface area contributed by atoms with Gasteiger partial charge in [0.15, 0.2) is 8.07 Å². The minimum Gasteiger partial charge on any atom is -0.345 e. The first-order valence-electron chi connectivity index (χ1n) is 13.9. The molecule has 0 saturated carbocycles. The number of hydrogen-bond acceptors (Lipinski definition) is 1. The molecule has 5 heteroatoms. The summed E-state index contributed by atoms with van der Waals surface area (Å²) >= 11 is 0.